The molecule has 1 aromatic rings. The number of hydrogen-bond acceptors (Lipinski definition) is 2. The topological polar surface area (TPSA) is 21.3 Å². The van der Waals surface area contributed by atoms with Crippen LogP contribution in [0, 0.1) is 5.92 Å². The van der Waals surface area contributed by atoms with Crippen molar-refractivity contribution >= 4 is 15.9 Å². The molecule has 0 aromatic heterocycles. The van der Waals surface area contributed by atoms with Gasteiger partial charge in [0.1, 0.15) is 12.4 Å². The summed E-state index contributed by atoms with van der Waals surface area (Å²) in [4.78, 5) is 0. The molecule has 1 aliphatic carbocycles. The first-order valence-corrected chi connectivity index (χ1v) is 6.17. The predicted octanol–water partition coefficient (Wildman–Crippen LogP) is 2.83. The molecule has 0 heterocycles. The molecule has 1 aromatic carbocycles. The number of nitrogens with one attached hydrogen (secondary N) is 1. The van der Waals surface area contributed by atoms with Gasteiger partial charge in [-0.05, 0) is 30.5 Å². The van der Waals surface area contributed by atoms with E-state index in [-0.39, 0.29) is 0 Å². The molecule has 2 atom stereocenters. The molecular weight excluding hydrogens is 254 g/mol. The summed E-state index contributed by atoms with van der Waals surface area (Å²) in [6, 6.07) is 8.67. The van der Waals surface area contributed by atoms with Crippen LogP contribution in [0.4, 0.5) is 0 Å². The maximum Gasteiger partial charge on any atom is 0.120 e. The Labute approximate surface area is 99.1 Å². The Bertz CT molecular complexity index is 329. The smallest absolute Gasteiger partial charge is 0.120 e. The van der Waals surface area contributed by atoms with Gasteiger partial charge >= 0.3 is 0 Å². The minimum absolute atomic E-state index is 0.733. The van der Waals surface area contributed by atoms with E-state index < -0.39 is 0 Å². The minimum Gasteiger partial charge on any atom is -0.492 e. The lowest BCUT2D eigenvalue weighted by Crippen LogP contribution is -2.24. The van der Waals surface area contributed by atoms with Crippen molar-refractivity contribution in [3.8, 4) is 5.75 Å². The molecule has 82 valence electrons. The van der Waals surface area contributed by atoms with Crippen molar-refractivity contribution in [2.24, 2.45) is 5.92 Å². The van der Waals surface area contributed by atoms with E-state index in [4.69, 9.17) is 4.74 Å². The van der Waals surface area contributed by atoms with E-state index in [0.29, 0.717) is 0 Å². The van der Waals surface area contributed by atoms with Gasteiger partial charge in [-0.15, -0.1) is 0 Å². The van der Waals surface area contributed by atoms with E-state index in [0.717, 1.165) is 35.3 Å². The Morgan fingerprint density at radius 1 is 1.53 bits per heavy atom. The average Bonchev–Trinajstić information content (AvgIpc) is 2.90. The second-order valence-electron chi connectivity index (χ2n) is 4.08. The van der Waals surface area contributed by atoms with Crippen LogP contribution < -0.4 is 10.1 Å². The summed E-state index contributed by atoms with van der Waals surface area (Å²) in [5, 5.41) is 3.45. The first-order chi connectivity index (χ1) is 7.25. The summed E-state index contributed by atoms with van der Waals surface area (Å²) in [5.74, 6) is 1.78. The van der Waals surface area contributed by atoms with Gasteiger partial charge in [0, 0.05) is 17.1 Å². The third kappa shape index (κ3) is 3.50. The zero-order chi connectivity index (χ0) is 10.7. The van der Waals surface area contributed by atoms with Crippen LogP contribution in [-0.4, -0.2) is 19.2 Å². The van der Waals surface area contributed by atoms with Gasteiger partial charge in [0.15, 0.2) is 0 Å². The zero-order valence-corrected chi connectivity index (χ0v) is 10.5. The van der Waals surface area contributed by atoms with Crippen molar-refractivity contribution in [1.29, 1.82) is 0 Å². The molecule has 0 spiro atoms. The van der Waals surface area contributed by atoms with Gasteiger partial charge in [0.2, 0.25) is 0 Å². The molecule has 1 saturated carbocycles. The number of benzene rings is 1. The monoisotopic (exact) mass is 269 g/mol. The third-order valence-electron chi connectivity index (χ3n) is 2.68. The van der Waals surface area contributed by atoms with Crippen LogP contribution in [-0.2, 0) is 0 Å². The Morgan fingerprint density at radius 3 is 3.00 bits per heavy atom. The second kappa shape index (κ2) is 4.99. The summed E-state index contributed by atoms with van der Waals surface area (Å²) in [7, 11) is 0. The molecule has 2 nitrogen and oxygen atoms in total. The molecule has 0 radical (unpaired) electrons. The van der Waals surface area contributed by atoms with Crippen LogP contribution in [0.1, 0.15) is 13.3 Å². The summed E-state index contributed by atoms with van der Waals surface area (Å²) < 4.78 is 6.67. The highest BCUT2D eigenvalue weighted by atomic mass is 79.9. The molecule has 2 unspecified atom stereocenters. The molecule has 0 aliphatic heterocycles. The molecule has 1 aliphatic rings. The zero-order valence-electron chi connectivity index (χ0n) is 8.87. The Kier molecular flexibility index (Phi) is 3.65. The van der Waals surface area contributed by atoms with Crippen LogP contribution in [0.25, 0.3) is 0 Å². The van der Waals surface area contributed by atoms with E-state index in [1.54, 1.807) is 0 Å². The first kappa shape index (κ1) is 11.0. The number of rotatable bonds is 5. The van der Waals surface area contributed by atoms with Gasteiger partial charge < -0.3 is 10.1 Å². The van der Waals surface area contributed by atoms with Crippen molar-refractivity contribution in [3.63, 3.8) is 0 Å². The highest BCUT2D eigenvalue weighted by Crippen LogP contribution is 2.28. The maximum atomic E-state index is 5.61. The Hall–Kier alpha value is -0.540. The third-order valence-corrected chi connectivity index (χ3v) is 3.18. The van der Waals surface area contributed by atoms with Crippen LogP contribution in [0.5, 0.6) is 5.75 Å². The standard InChI is InChI=1S/C12H16BrNO/c1-9-7-12(9)14-5-6-15-11-4-2-3-10(13)8-11/h2-4,8-9,12,14H,5-7H2,1H3. The van der Waals surface area contributed by atoms with E-state index in [2.05, 4.69) is 28.2 Å². The molecular formula is C12H16BrNO. The molecule has 0 bridgehead atoms. The lowest BCUT2D eigenvalue weighted by Gasteiger charge is -2.07. The molecule has 1 N–H and O–H groups in total. The molecule has 15 heavy (non-hydrogen) atoms. The normalized spacial score (nSPS) is 23.9. The van der Waals surface area contributed by atoms with Gasteiger partial charge in [-0.25, -0.2) is 0 Å². The summed E-state index contributed by atoms with van der Waals surface area (Å²) >= 11 is 3.42. The lowest BCUT2D eigenvalue weighted by molar-refractivity contribution is 0.312. The number of hydrogen-bond donors (Lipinski definition) is 1. The van der Waals surface area contributed by atoms with E-state index in [1.165, 1.54) is 6.42 Å². The fraction of sp³-hybridized carbons (Fsp3) is 0.500. The highest BCUT2D eigenvalue weighted by molar-refractivity contribution is 9.10. The van der Waals surface area contributed by atoms with E-state index in [9.17, 15) is 0 Å². The fourth-order valence-corrected chi connectivity index (χ4v) is 1.95. The van der Waals surface area contributed by atoms with Crippen molar-refractivity contribution in [1.82, 2.24) is 5.32 Å². The van der Waals surface area contributed by atoms with Crippen LogP contribution in [0.2, 0.25) is 0 Å². The minimum atomic E-state index is 0.733. The van der Waals surface area contributed by atoms with Crippen LogP contribution in [0.3, 0.4) is 0 Å². The largest absolute Gasteiger partial charge is 0.492 e. The summed E-state index contributed by atoms with van der Waals surface area (Å²) in [6.07, 6.45) is 1.32. The van der Waals surface area contributed by atoms with Gasteiger partial charge in [-0.2, -0.15) is 0 Å². The molecule has 2 rings (SSSR count). The van der Waals surface area contributed by atoms with Gasteiger partial charge in [-0.1, -0.05) is 28.9 Å². The quantitative estimate of drug-likeness (QED) is 0.831. The van der Waals surface area contributed by atoms with Crippen LogP contribution in [0.15, 0.2) is 28.7 Å². The molecule has 1 fully saturated rings. The molecule has 3 heteroatoms. The SMILES string of the molecule is CC1CC1NCCOc1cccc(Br)c1. The van der Waals surface area contributed by atoms with Gasteiger partial charge in [0.25, 0.3) is 0 Å². The predicted molar refractivity (Wildman–Crippen MR) is 65.2 cm³/mol. The average molecular weight is 270 g/mol. The van der Waals surface area contributed by atoms with Crippen molar-refractivity contribution in [2.75, 3.05) is 13.2 Å². The van der Waals surface area contributed by atoms with Gasteiger partial charge in [-0.3, -0.25) is 0 Å². The Morgan fingerprint density at radius 2 is 2.33 bits per heavy atom. The van der Waals surface area contributed by atoms with Crippen molar-refractivity contribution < 1.29 is 4.74 Å². The first-order valence-electron chi connectivity index (χ1n) is 5.37. The highest BCUT2D eigenvalue weighted by Gasteiger charge is 2.31. The van der Waals surface area contributed by atoms with Gasteiger partial charge in [0.05, 0.1) is 0 Å². The number of halogens is 1. The molecule has 0 saturated heterocycles. The second-order valence-corrected chi connectivity index (χ2v) is 5.00. The lowest BCUT2D eigenvalue weighted by atomic mass is 10.3. The number of ether oxygens (including phenoxy) is 1. The fourth-order valence-electron chi connectivity index (χ4n) is 1.58. The summed E-state index contributed by atoms with van der Waals surface area (Å²) in [5.41, 5.74) is 0. The molecule has 0 amide bonds. The Balaban J connectivity index is 1.65. The van der Waals surface area contributed by atoms with Crippen molar-refractivity contribution in [3.05, 3.63) is 28.7 Å². The summed E-state index contributed by atoms with van der Waals surface area (Å²) in [6.45, 7) is 3.94. The van der Waals surface area contributed by atoms with Crippen LogP contribution >= 0.6 is 15.9 Å². The van der Waals surface area contributed by atoms with E-state index in [1.807, 2.05) is 24.3 Å². The van der Waals surface area contributed by atoms with E-state index >= 15 is 0 Å². The maximum absolute atomic E-state index is 5.61. The van der Waals surface area contributed by atoms with Crippen molar-refractivity contribution in [2.45, 2.75) is 19.4 Å².